The van der Waals surface area contributed by atoms with E-state index in [-0.39, 0.29) is 9.79 Å². The van der Waals surface area contributed by atoms with Crippen molar-refractivity contribution in [2.24, 2.45) is 5.16 Å². The van der Waals surface area contributed by atoms with E-state index in [2.05, 4.69) is 13.8 Å². The van der Waals surface area contributed by atoms with Crippen molar-refractivity contribution < 1.29 is 55.9 Å². The van der Waals surface area contributed by atoms with Crippen LogP contribution in [0.15, 0.2) is 122 Å². The van der Waals surface area contributed by atoms with Gasteiger partial charge in [0.15, 0.2) is 5.75 Å². The van der Waals surface area contributed by atoms with E-state index < -0.39 is 61.8 Å². The van der Waals surface area contributed by atoms with Crippen LogP contribution in [-0.2, 0) is 49.1 Å². The number of rotatable bonds is 11. The molecule has 0 bridgehead atoms. The molecule has 46 heavy (non-hydrogen) atoms. The molecule has 0 amide bonds. The summed E-state index contributed by atoms with van der Waals surface area (Å²) in [6.45, 7) is 5.09. The summed E-state index contributed by atoms with van der Waals surface area (Å²) >= 11 is 0. The monoisotopic (exact) mass is 713 g/mol. The lowest BCUT2D eigenvalue weighted by Gasteiger charge is -2.14. The van der Waals surface area contributed by atoms with Gasteiger partial charge in [0.25, 0.3) is 0 Å². The number of hydrogen-bond donors (Lipinski definition) is 1. The first-order valence-electron chi connectivity index (χ1n) is 12.7. The smallest absolute Gasteiger partial charge is 0.339 e. The highest BCUT2D eigenvalue weighted by atomic mass is 32.2. The van der Waals surface area contributed by atoms with Gasteiger partial charge in [0, 0.05) is 12.3 Å². The van der Waals surface area contributed by atoms with Crippen molar-refractivity contribution in [2.45, 2.75) is 40.4 Å². The first-order valence-corrected chi connectivity index (χ1v) is 18.4. The summed E-state index contributed by atoms with van der Waals surface area (Å²) in [6, 6.07) is 19.7. The van der Waals surface area contributed by atoms with Crippen molar-refractivity contribution in [3.05, 3.63) is 108 Å². The second-order valence-electron chi connectivity index (χ2n) is 9.04. The molecule has 1 N–H and O–H groups in total. The third-order valence-electron chi connectivity index (χ3n) is 5.56. The van der Waals surface area contributed by atoms with Gasteiger partial charge in [0.1, 0.15) is 20.4 Å². The lowest BCUT2D eigenvalue weighted by atomic mass is 10.2. The number of benzene rings is 4. The highest BCUT2D eigenvalue weighted by molar-refractivity contribution is 7.89. The van der Waals surface area contributed by atoms with Crippen molar-refractivity contribution >= 4 is 46.7 Å². The summed E-state index contributed by atoms with van der Waals surface area (Å²) in [6.07, 6.45) is 1.31. The summed E-state index contributed by atoms with van der Waals surface area (Å²) in [4.78, 5) is -2.14. The van der Waals surface area contributed by atoms with Crippen molar-refractivity contribution in [2.75, 3.05) is 0 Å². The molecule has 0 spiro atoms. The summed E-state index contributed by atoms with van der Waals surface area (Å²) < 4.78 is 121. The van der Waals surface area contributed by atoms with Crippen LogP contribution >= 0.6 is 0 Å². The van der Waals surface area contributed by atoms with E-state index in [1.165, 1.54) is 72.9 Å². The molecule has 0 radical (unpaired) electrons. The Morgan fingerprint density at radius 1 is 0.565 bits per heavy atom. The molecule has 0 unspecified atom stereocenters. The highest BCUT2D eigenvalue weighted by Crippen LogP contribution is 2.34. The first-order chi connectivity index (χ1) is 21.5. The molecule has 0 atom stereocenters. The van der Waals surface area contributed by atoms with E-state index >= 15 is 0 Å². The van der Waals surface area contributed by atoms with Crippen LogP contribution in [0.1, 0.15) is 18.1 Å². The highest BCUT2D eigenvalue weighted by Gasteiger charge is 2.31. The Morgan fingerprint density at radius 2 is 1.00 bits per heavy atom. The molecule has 246 valence electrons. The second kappa shape index (κ2) is 14.8. The maximum absolute atomic E-state index is 13.1. The zero-order valence-electron chi connectivity index (χ0n) is 24.2. The van der Waals surface area contributed by atoms with E-state index in [9.17, 15) is 33.7 Å². The van der Waals surface area contributed by atoms with Crippen LogP contribution < -0.4 is 8.37 Å². The van der Waals surface area contributed by atoms with Gasteiger partial charge >= 0.3 is 40.5 Å². The zero-order valence-corrected chi connectivity index (χ0v) is 27.5. The van der Waals surface area contributed by atoms with Gasteiger partial charge in [-0.15, -0.1) is 5.16 Å². The molecule has 14 nitrogen and oxygen atoms in total. The Labute approximate surface area is 266 Å². The normalized spacial score (nSPS) is 12.2. The predicted octanol–water partition coefficient (Wildman–Crippen LogP) is 4.33. The van der Waals surface area contributed by atoms with Crippen LogP contribution in [-0.4, -0.2) is 45.1 Å². The molecule has 4 rings (SSSR count). The van der Waals surface area contributed by atoms with E-state index in [0.29, 0.717) is 6.07 Å². The van der Waals surface area contributed by atoms with E-state index in [4.69, 9.17) is 13.6 Å². The van der Waals surface area contributed by atoms with Crippen LogP contribution in [0.25, 0.3) is 0 Å². The Hall–Kier alpha value is -4.33. The summed E-state index contributed by atoms with van der Waals surface area (Å²) in [7, 11) is -19.2. The zero-order chi connectivity index (χ0) is 34.2. The molecular weight excluding hydrogens is 687 g/mol. The number of nitrogens with zero attached hydrogens (tertiary/aromatic N) is 1. The molecule has 0 saturated carbocycles. The summed E-state index contributed by atoms with van der Waals surface area (Å²) in [5.74, 6) is -1.46. The lowest BCUT2D eigenvalue weighted by Crippen LogP contribution is -2.17. The lowest BCUT2D eigenvalue weighted by molar-refractivity contribution is -0.0852. The summed E-state index contributed by atoms with van der Waals surface area (Å²) in [5, 5.41) is 10.1. The number of hydrogen-bond acceptors (Lipinski definition) is 14. The second-order valence-corrected chi connectivity index (χ2v) is 15.1. The van der Waals surface area contributed by atoms with Gasteiger partial charge < -0.3 is 13.6 Å². The molecule has 0 saturated heterocycles. The van der Waals surface area contributed by atoms with Gasteiger partial charge in [-0.2, -0.15) is 33.7 Å². The average molecular weight is 714 g/mol. The van der Waals surface area contributed by atoms with Crippen LogP contribution in [0.3, 0.4) is 0 Å². The SMILES string of the molecule is CC=NO.Cc1ccc(S(=O)(=O)Oc2ccc(OS(=O)(=O)c3ccc(C)cc3)c(S(=O)(=O)OOS(=O)(=O)c3ccccc3)c2)cc1. The van der Waals surface area contributed by atoms with Crippen LogP contribution in [0.4, 0.5) is 0 Å². The molecule has 4 aromatic rings. The Morgan fingerprint density at radius 3 is 1.48 bits per heavy atom. The van der Waals surface area contributed by atoms with Gasteiger partial charge in [0.2, 0.25) is 0 Å². The van der Waals surface area contributed by atoms with Gasteiger partial charge in [0.05, 0.1) is 4.90 Å². The maximum Gasteiger partial charge on any atom is 0.339 e. The van der Waals surface area contributed by atoms with E-state index in [1.807, 2.05) is 0 Å². The van der Waals surface area contributed by atoms with Gasteiger partial charge in [-0.1, -0.05) is 62.3 Å². The van der Waals surface area contributed by atoms with Crippen molar-refractivity contribution in [3.63, 3.8) is 0 Å². The van der Waals surface area contributed by atoms with Crippen molar-refractivity contribution in [1.82, 2.24) is 0 Å². The minimum absolute atomic E-state index is 0.256. The van der Waals surface area contributed by atoms with Crippen LogP contribution in [0.5, 0.6) is 11.5 Å². The van der Waals surface area contributed by atoms with E-state index in [1.54, 1.807) is 20.8 Å². The topological polar surface area (TPSA) is 206 Å². The number of oxime groups is 1. The van der Waals surface area contributed by atoms with E-state index in [0.717, 1.165) is 35.4 Å². The fourth-order valence-corrected chi connectivity index (χ4v) is 7.06. The largest absolute Gasteiger partial charge is 0.411 e. The molecule has 0 fully saturated rings. The molecule has 18 heteroatoms. The van der Waals surface area contributed by atoms with Gasteiger partial charge in [-0.3, -0.25) is 0 Å². The van der Waals surface area contributed by atoms with Gasteiger partial charge in [-0.05, 0) is 69.3 Å². The molecule has 0 aliphatic rings. The standard InChI is InChI=1S/C26H22O12S4.C2H5NO/c1-19-8-13-23(14-9-19)39(27,28)35-21-12-17-25(36-40(29,30)24-15-10-20(2)11-16-24)26(18-21)42(33,34)38-37-41(31,32)22-6-4-3-5-7-22;1-2-3-4/h3-18H,1-2H3;2,4H,1H3. The minimum Gasteiger partial charge on any atom is -0.411 e. The maximum atomic E-state index is 13.1. The van der Waals surface area contributed by atoms with Crippen LogP contribution in [0.2, 0.25) is 0 Å². The number of aryl methyl sites for hydroxylation is 2. The molecule has 4 aromatic carbocycles. The fraction of sp³-hybridized carbons (Fsp3) is 0.107. The van der Waals surface area contributed by atoms with Crippen molar-refractivity contribution in [3.8, 4) is 11.5 Å². The quantitative estimate of drug-likeness (QED) is 0.0756. The molecule has 0 aliphatic carbocycles. The first kappa shape index (κ1) is 36.1. The van der Waals surface area contributed by atoms with Crippen LogP contribution in [0, 0.1) is 13.8 Å². The molecule has 0 aromatic heterocycles. The molecule has 0 aliphatic heterocycles. The average Bonchev–Trinajstić information content (AvgIpc) is 3.01. The Bertz CT molecular complexity index is 2110. The van der Waals surface area contributed by atoms with Gasteiger partial charge in [-0.25, -0.2) is 0 Å². The summed E-state index contributed by atoms with van der Waals surface area (Å²) in [5.41, 5.74) is 1.50. The Kier molecular flexibility index (Phi) is 11.7. The molecular formula is C28H27NO13S4. The predicted molar refractivity (Wildman–Crippen MR) is 163 cm³/mol. The Balaban J connectivity index is 0.00000136. The third-order valence-corrected chi connectivity index (χ3v) is 10.4. The fourth-order valence-electron chi connectivity index (χ4n) is 3.29. The van der Waals surface area contributed by atoms with Crippen molar-refractivity contribution in [1.29, 1.82) is 0 Å². The third kappa shape index (κ3) is 9.59. The minimum atomic E-state index is -5.31. The molecule has 0 heterocycles.